The highest BCUT2D eigenvalue weighted by Gasteiger charge is 2.62. The van der Waals surface area contributed by atoms with E-state index in [-0.39, 0.29) is 34.7 Å². The first-order chi connectivity index (χ1) is 10.4. The molecule has 0 bridgehead atoms. The van der Waals surface area contributed by atoms with Crippen LogP contribution in [0.2, 0.25) is 0 Å². The van der Waals surface area contributed by atoms with E-state index in [2.05, 4.69) is 19.9 Å². The van der Waals surface area contributed by atoms with Crippen molar-refractivity contribution in [2.24, 2.45) is 34.5 Å². The summed E-state index contributed by atoms with van der Waals surface area (Å²) in [5.41, 5.74) is -0.164. The van der Waals surface area contributed by atoms with E-state index < -0.39 is 0 Å². The number of carbonyl (C=O) groups excluding carboxylic acids is 1. The van der Waals surface area contributed by atoms with Crippen molar-refractivity contribution in [3.8, 4) is 0 Å². The van der Waals surface area contributed by atoms with E-state index >= 15 is 0 Å². The minimum absolute atomic E-state index is 0.0505. The van der Waals surface area contributed by atoms with Crippen LogP contribution >= 0.6 is 0 Å². The lowest BCUT2D eigenvalue weighted by Gasteiger charge is -2.60. The van der Waals surface area contributed by atoms with E-state index in [0.29, 0.717) is 30.6 Å². The highest BCUT2D eigenvalue weighted by molar-refractivity contribution is 5.91. The highest BCUT2D eigenvalue weighted by Crippen LogP contribution is 2.65. The molecule has 0 saturated heterocycles. The van der Waals surface area contributed by atoms with Crippen molar-refractivity contribution >= 4 is 5.78 Å². The molecule has 3 saturated carbocycles. The molecule has 8 atom stereocenters. The van der Waals surface area contributed by atoms with Gasteiger partial charge in [-0.15, -0.1) is 0 Å². The van der Waals surface area contributed by atoms with Crippen LogP contribution in [0.5, 0.6) is 0 Å². The van der Waals surface area contributed by atoms with E-state index in [1.165, 1.54) is 0 Å². The first kappa shape index (κ1) is 14.9. The summed E-state index contributed by atoms with van der Waals surface area (Å²) in [6.07, 6.45) is 8.77. The van der Waals surface area contributed by atoms with Gasteiger partial charge in [0, 0.05) is 6.42 Å². The van der Waals surface area contributed by atoms with Gasteiger partial charge in [0.25, 0.3) is 0 Å². The Balaban J connectivity index is 1.73. The molecule has 22 heavy (non-hydrogen) atoms. The summed E-state index contributed by atoms with van der Waals surface area (Å²) < 4.78 is 0. The lowest BCUT2D eigenvalue weighted by Crippen LogP contribution is -2.58. The molecule has 0 heterocycles. The molecule has 4 aliphatic carbocycles. The monoisotopic (exact) mass is 304 g/mol. The molecule has 3 heteroatoms. The molecule has 4 rings (SSSR count). The fourth-order valence-electron chi connectivity index (χ4n) is 6.73. The van der Waals surface area contributed by atoms with Crippen molar-refractivity contribution < 1.29 is 15.0 Å². The van der Waals surface area contributed by atoms with Crippen molar-refractivity contribution in [3.63, 3.8) is 0 Å². The maximum Gasteiger partial charge on any atom is 0.155 e. The minimum Gasteiger partial charge on any atom is -0.393 e. The van der Waals surface area contributed by atoms with Crippen LogP contribution in [0, 0.1) is 34.5 Å². The van der Waals surface area contributed by atoms with Gasteiger partial charge in [-0.05, 0) is 72.7 Å². The molecule has 2 N–H and O–H groups in total. The number of rotatable bonds is 0. The molecule has 0 spiro atoms. The molecule has 4 aliphatic rings. The van der Waals surface area contributed by atoms with Crippen molar-refractivity contribution in [3.05, 3.63) is 12.2 Å². The SMILES string of the molecule is C[C@]12C=CC(=O)CC1CC[C@@H]1[C@H]2C(O)C[C@]2(C)C(O)CC[C@@H]12. The van der Waals surface area contributed by atoms with Gasteiger partial charge in [-0.2, -0.15) is 0 Å². The van der Waals surface area contributed by atoms with Crippen molar-refractivity contribution in [2.75, 3.05) is 0 Å². The summed E-state index contributed by atoms with van der Waals surface area (Å²) in [6.45, 7) is 4.44. The number of fused-ring (bicyclic) bond motifs is 5. The van der Waals surface area contributed by atoms with Crippen LogP contribution in [0.3, 0.4) is 0 Å². The largest absolute Gasteiger partial charge is 0.393 e. The fourth-order valence-corrected chi connectivity index (χ4v) is 6.73. The molecule has 3 nitrogen and oxygen atoms in total. The lowest BCUT2D eigenvalue weighted by molar-refractivity contribution is -0.157. The minimum atomic E-state index is -0.357. The number of aliphatic hydroxyl groups is 2. The molecule has 0 aromatic carbocycles. The lowest BCUT2D eigenvalue weighted by atomic mass is 9.45. The van der Waals surface area contributed by atoms with Crippen LogP contribution in [-0.2, 0) is 4.79 Å². The van der Waals surface area contributed by atoms with Gasteiger partial charge >= 0.3 is 0 Å². The van der Waals surface area contributed by atoms with Gasteiger partial charge in [0.05, 0.1) is 12.2 Å². The van der Waals surface area contributed by atoms with E-state index in [0.717, 1.165) is 25.7 Å². The Labute approximate surface area is 132 Å². The molecule has 0 aromatic rings. The van der Waals surface area contributed by atoms with Gasteiger partial charge in [0.15, 0.2) is 5.78 Å². The first-order valence-electron chi connectivity index (χ1n) is 8.94. The summed E-state index contributed by atoms with van der Waals surface area (Å²) in [5, 5.41) is 21.4. The Morgan fingerprint density at radius 1 is 1.14 bits per heavy atom. The Hall–Kier alpha value is -0.670. The number of ketones is 1. The Morgan fingerprint density at radius 3 is 2.68 bits per heavy atom. The van der Waals surface area contributed by atoms with Crippen LogP contribution in [0.4, 0.5) is 0 Å². The molecule has 3 unspecified atom stereocenters. The van der Waals surface area contributed by atoms with Gasteiger partial charge < -0.3 is 10.2 Å². The molecular weight excluding hydrogens is 276 g/mol. The third-order valence-electron chi connectivity index (χ3n) is 7.92. The predicted octanol–water partition coefficient (Wildman–Crippen LogP) is 2.71. The summed E-state index contributed by atoms with van der Waals surface area (Å²) in [4.78, 5) is 11.8. The van der Waals surface area contributed by atoms with E-state index in [4.69, 9.17) is 0 Å². The van der Waals surface area contributed by atoms with Gasteiger partial charge in [-0.1, -0.05) is 19.9 Å². The second-order valence-corrected chi connectivity index (χ2v) is 8.81. The third kappa shape index (κ3) is 1.78. The summed E-state index contributed by atoms with van der Waals surface area (Å²) in [5.74, 6) is 1.90. The third-order valence-corrected chi connectivity index (χ3v) is 7.92. The smallest absolute Gasteiger partial charge is 0.155 e. The predicted molar refractivity (Wildman–Crippen MR) is 84.0 cm³/mol. The standard InChI is InChI=1S/C19H28O3/c1-18-8-7-12(20)9-11(18)3-4-13-14-5-6-16(22)19(14,2)10-15(21)17(13)18/h7-8,11,13-17,21-22H,3-6,9-10H2,1-2H3/t11?,13-,14-,15?,16?,17-,18-,19-/m0/s1. The zero-order chi connectivity index (χ0) is 15.7. The zero-order valence-electron chi connectivity index (χ0n) is 13.7. The average Bonchev–Trinajstić information content (AvgIpc) is 2.75. The van der Waals surface area contributed by atoms with Crippen LogP contribution in [0.15, 0.2) is 12.2 Å². The molecule has 3 fully saturated rings. The average molecular weight is 304 g/mol. The second kappa shape index (κ2) is 4.67. The van der Waals surface area contributed by atoms with Crippen LogP contribution in [0.1, 0.15) is 52.4 Å². The number of hydrogen-bond acceptors (Lipinski definition) is 3. The summed E-state index contributed by atoms with van der Waals surface area (Å²) in [7, 11) is 0. The zero-order valence-corrected chi connectivity index (χ0v) is 13.7. The Kier molecular flexibility index (Phi) is 3.16. The second-order valence-electron chi connectivity index (χ2n) is 8.81. The summed E-state index contributed by atoms with van der Waals surface area (Å²) in [6, 6.07) is 0. The molecule has 0 amide bonds. The number of aliphatic hydroxyl groups excluding tert-OH is 2. The van der Waals surface area contributed by atoms with Crippen LogP contribution in [0.25, 0.3) is 0 Å². The fraction of sp³-hybridized carbons (Fsp3) is 0.842. The summed E-state index contributed by atoms with van der Waals surface area (Å²) >= 11 is 0. The van der Waals surface area contributed by atoms with Crippen molar-refractivity contribution in [2.45, 2.75) is 64.6 Å². The van der Waals surface area contributed by atoms with Gasteiger partial charge in [0.2, 0.25) is 0 Å². The maximum atomic E-state index is 11.8. The molecular formula is C19H28O3. The number of carbonyl (C=O) groups is 1. The number of allylic oxidation sites excluding steroid dienone is 2. The van der Waals surface area contributed by atoms with E-state index in [1.807, 2.05) is 0 Å². The molecule has 0 aliphatic heterocycles. The number of hydrogen-bond donors (Lipinski definition) is 2. The van der Waals surface area contributed by atoms with Gasteiger partial charge in [-0.3, -0.25) is 4.79 Å². The molecule has 0 radical (unpaired) electrons. The molecule has 0 aromatic heterocycles. The van der Waals surface area contributed by atoms with Crippen LogP contribution < -0.4 is 0 Å². The van der Waals surface area contributed by atoms with Crippen molar-refractivity contribution in [1.82, 2.24) is 0 Å². The Bertz CT molecular complexity index is 527. The Morgan fingerprint density at radius 2 is 1.91 bits per heavy atom. The van der Waals surface area contributed by atoms with Gasteiger partial charge in [-0.25, -0.2) is 0 Å². The van der Waals surface area contributed by atoms with Crippen molar-refractivity contribution in [1.29, 1.82) is 0 Å². The van der Waals surface area contributed by atoms with Crippen LogP contribution in [-0.4, -0.2) is 28.2 Å². The first-order valence-corrected chi connectivity index (χ1v) is 8.94. The topological polar surface area (TPSA) is 57.5 Å². The normalized spacial score (nSPS) is 57.2. The van der Waals surface area contributed by atoms with E-state index in [1.54, 1.807) is 6.08 Å². The molecule has 122 valence electrons. The quantitative estimate of drug-likeness (QED) is 0.723. The highest BCUT2D eigenvalue weighted by atomic mass is 16.3. The van der Waals surface area contributed by atoms with E-state index in [9.17, 15) is 15.0 Å². The van der Waals surface area contributed by atoms with Gasteiger partial charge in [0.1, 0.15) is 0 Å². The maximum absolute atomic E-state index is 11.8.